The lowest BCUT2D eigenvalue weighted by atomic mass is 9.89. The number of carbonyl (C=O) groups excluding carboxylic acids is 1. The molecule has 0 aromatic carbocycles. The van der Waals surface area contributed by atoms with Gasteiger partial charge in [0, 0.05) is 6.04 Å². The first-order valence-electron chi connectivity index (χ1n) is 6.34. The molecule has 2 heterocycles. The van der Waals surface area contributed by atoms with Crippen LogP contribution in [-0.4, -0.2) is 35.5 Å². The zero-order valence-corrected chi connectivity index (χ0v) is 10.9. The fourth-order valence-corrected chi connectivity index (χ4v) is 3.54. The molecular formula is C12H22N2OS. The van der Waals surface area contributed by atoms with Crippen LogP contribution in [0.4, 0.5) is 0 Å². The van der Waals surface area contributed by atoms with Crippen molar-refractivity contribution in [2.24, 2.45) is 0 Å². The van der Waals surface area contributed by atoms with E-state index >= 15 is 0 Å². The molecule has 0 saturated carbocycles. The van der Waals surface area contributed by atoms with Gasteiger partial charge in [-0.25, -0.2) is 0 Å². The van der Waals surface area contributed by atoms with Crippen LogP contribution in [0, 0.1) is 0 Å². The number of amides is 1. The highest BCUT2D eigenvalue weighted by molar-refractivity contribution is 7.99. The first-order valence-corrected chi connectivity index (χ1v) is 7.50. The molecule has 0 bridgehead atoms. The molecule has 4 heteroatoms. The van der Waals surface area contributed by atoms with Gasteiger partial charge in [0.05, 0.1) is 5.54 Å². The van der Waals surface area contributed by atoms with Crippen molar-refractivity contribution in [2.75, 3.05) is 18.1 Å². The second-order valence-electron chi connectivity index (χ2n) is 5.08. The predicted molar refractivity (Wildman–Crippen MR) is 68.7 cm³/mol. The monoisotopic (exact) mass is 242 g/mol. The number of hydrogen-bond acceptors (Lipinski definition) is 3. The van der Waals surface area contributed by atoms with Gasteiger partial charge < -0.3 is 10.6 Å². The summed E-state index contributed by atoms with van der Waals surface area (Å²) in [6, 6.07) is 0.411. The molecule has 2 aliphatic rings. The molecule has 0 aliphatic carbocycles. The van der Waals surface area contributed by atoms with Crippen LogP contribution in [-0.2, 0) is 4.79 Å². The minimum atomic E-state index is -0.317. The maximum atomic E-state index is 12.2. The molecule has 3 nitrogen and oxygen atoms in total. The molecule has 0 spiro atoms. The molecule has 1 unspecified atom stereocenters. The zero-order chi connectivity index (χ0) is 11.4. The van der Waals surface area contributed by atoms with Crippen LogP contribution in [0.1, 0.15) is 39.0 Å². The van der Waals surface area contributed by atoms with Crippen LogP contribution in [0.2, 0.25) is 0 Å². The Morgan fingerprint density at radius 3 is 2.75 bits per heavy atom. The van der Waals surface area contributed by atoms with Crippen LogP contribution < -0.4 is 10.6 Å². The van der Waals surface area contributed by atoms with Gasteiger partial charge in [0.15, 0.2) is 0 Å². The lowest BCUT2D eigenvalue weighted by Crippen LogP contribution is -2.58. The number of carbonyl (C=O) groups is 1. The molecular weight excluding hydrogens is 220 g/mol. The largest absolute Gasteiger partial charge is 0.352 e. The highest BCUT2D eigenvalue weighted by Crippen LogP contribution is 2.21. The zero-order valence-electron chi connectivity index (χ0n) is 10.1. The van der Waals surface area contributed by atoms with Gasteiger partial charge in [-0.1, -0.05) is 0 Å². The third-order valence-electron chi connectivity index (χ3n) is 3.68. The van der Waals surface area contributed by atoms with Crippen LogP contribution in [0.15, 0.2) is 0 Å². The Labute approximate surface area is 102 Å². The standard InChI is InChI=1S/C12H22N2OS/c1-12(6-2-3-7-13-12)11(15)14-10-4-8-16-9-5-10/h10,13H,2-9H2,1H3,(H,14,15). The number of thioether (sulfide) groups is 1. The summed E-state index contributed by atoms with van der Waals surface area (Å²) < 4.78 is 0. The van der Waals surface area contributed by atoms with E-state index in [-0.39, 0.29) is 11.4 Å². The molecule has 0 aromatic rings. The third kappa shape index (κ3) is 2.92. The summed E-state index contributed by atoms with van der Waals surface area (Å²) in [4.78, 5) is 12.2. The van der Waals surface area contributed by atoms with Crippen molar-refractivity contribution in [1.29, 1.82) is 0 Å². The summed E-state index contributed by atoms with van der Waals surface area (Å²) in [6.07, 6.45) is 5.60. The van der Waals surface area contributed by atoms with E-state index in [1.807, 2.05) is 18.7 Å². The second kappa shape index (κ2) is 5.41. The number of hydrogen-bond donors (Lipinski definition) is 2. The summed E-state index contributed by atoms with van der Waals surface area (Å²) in [6.45, 7) is 3.02. The molecule has 0 radical (unpaired) electrons. The maximum absolute atomic E-state index is 12.2. The van der Waals surface area contributed by atoms with Gasteiger partial charge in [-0.05, 0) is 57.1 Å². The fraction of sp³-hybridized carbons (Fsp3) is 0.917. The van der Waals surface area contributed by atoms with Crippen molar-refractivity contribution in [2.45, 2.75) is 50.6 Å². The van der Waals surface area contributed by atoms with Crippen molar-refractivity contribution >= 4 is 17.7 Å². The second-order valence-corrected chi connectivity index (χ2v) is 6.30. The molecule has 1 atom stereocenters. The topological polar surface area (TPSA) is 41.1 Å². The highest BCUT2D eigenvalue weighted by Gasteiger charge is 2.35. The minimum absolute atomic E-state index is 0.212. The Morgan fingerprint density at radius 2 is 2.12 bits per heavy atom. The number of nitrogens with one attached hydrogen (secondary N) is 2. The van der Waals surface area contributed by atoms with E-state index in [9.17, 15) is 4.79 Å². The van der Waals surface area contributed by atoms with Crippen molar-refractivity contribution in [3.63, 3.8) is 0 Å². The van der Waals surface area contributed by atoms with Crippen molar-refractivity contribution < 1.29 is 4.79 Å². The first kappa shape index (κ1) is 12.2. The van der Waals surface area contributed by atoms with Crippen LogP contribution in [0.3, 0.4) is 0 Å². The van der Waals surface area contributed by atoms with E-state index < -0.39 is 0 Å². The van der Waals surface area contributed by atoms with E-state index in [1.165, 1.54) is 17.9 Å². The van der Waals surface area contributed by atoms with E-state index in [2.05, 4.69) is 10.6 Å². The van der Waals surface area contributed by atoms with Crippen molar-refractivity contribution in [3.8, 4) is 0 Å². The third-order valence-corrected chi connectivity index (χ3v) is 4.73. The van der Waals surface area contributed by atoms with Crippen LogP contribution in [0.25, 0.3) is 0 Å². The SMILES string of the molecule is CC1(C(=O)NC2CCSCC2)CCCCN1. The van der Waals surface area contributed by atoms with Gasteiger partial charge in [0.25, 0.3) is 0 Å². The maximum Gasteiger partial charge on any atom is 0.240 e. The molecule has 2 aliphatic heterocycles. The Morgan fingerprint density at radius 1 is 1.38 bits per heavy atom. The average Bonchev–Trinajstić information content (AvgIpc) is 2.31. The molecule has 2 rings (SSSR count). The van der Waals surface area contributed by atoms with Gasteiger partial charge in [-0.2, -0.15) is 11.8 Å². The molecule has 16 heavy (non-hydrogen) atoms. The minimum Gasteiger partial charge on any atom is -0.352 e. The molecule has 2 N–H and O–H groups in total. The van der Waals surface area contributed by atoms with Gasteiger partial charge in [-0.3, -0.25) is 4.79 Å². The van der Waals surface area contributed by atoms with Gasteiger partial charge in [0.2, 0.25) is 5.91 Å². The highest BCUT2D eigenvalue weighted by atomic mass is 32.2. The van der Waals surface area contributed by atoms with E-state index in [0.29, 0.717) is 6.04 Å². The molecule has 0 aromatic heterocycles. The molecule has 92 valence electrons. The predicted octanol–water partition coefficient (Wildman–Crippen LogP) is 1.53. The molecule has 1 amide bonds. The smallest absolute Gasteiger partial charge is 0.240 e. The summed E-state index contributed by atoms with van der Waals surface area (Å²) in [5.41, 5.74) is -0.317. The van der Waals surface area contributed by atoms with Gasteiger partial charge >= 0.3 is 0 Å². The van der Waals surface area contributed by atoms with Crippen molar-refractivity contribution in [1.82, 2.24) is 10.6 Å². The number of rotatable bonds is 2. The number of piperidine rings is 1. The van der Waals surface area contributed by atoms with Gasteiger partial charge in [-0.15, -0.1) is 0 Å². The lowest BCUT2D eigenvalue weighted by molar-refractivity contribution is -0.128. The quantitative estimate of drug-likeness (QED) is 0.771. The van der Waals surface area contributed by atoms with Gasteiger partial charge in [0.1, 0.15) is 0 Å². The van der Waals surface area contributed by atoms with Crippen LogP contribution >= 0.6 is 11.8 Å². The Hall–Kier alpha value is -0.220. The Kier molecular flexibility index (Phi) is 4.14. The average molecular weight is 242 g/mol. The van der Waals surface area contributed by atoms with E-state index in [1.54, 1.807) is 0 Å². The van der Waals surface area contributed by atoms with Crippen LogP contribution in [0.5, 0.6) is 0 Å². The Bertz CT molecular complexity index is 245. The van der Waals surface area contributed by atoms with E-state index in [0.717, 1.165) is 32.2 Å². The van der Waals surface area contributed by atoms with E-state index in [4.69, 9.17) is 0 Å². The molecule has 2 saturated heterocycles. The summed E-state index contributed by atoms with van der Waals surface area (Å²) in [5, 5.41) is 6.58. The summed E-state index contributed by atoms with van der Waals surface area (Å²) >= 11 is 1.99. The lowest BCUT2D eigenvalue weighted by Gasteiger charge is -2.35. The summed E-state index contributed by atoms with van der Waals surface area (Å²) in [7, 11) is 0. The first-order chi connectivity index (χ1) is 7.71. The van der Waals surface area contributed by atoms with Crippen molar-refractivity contribution in [3.05, 3.63) is 0 Å². The summed E-state index contributed by atoms with van der Waals surface area (Å²) in [5.74, 6) is 2.59. The normalized spacial score (nSPS) is 32.3. The Balaban J connectivity index is 1.85. The fourth-order valence-electron chi connectivity index (χ4n) is 2.44. The molecule has 2 fully saturated rings.